The molecule has 1 rings (SSSR count). The first-order valence-corrected chi connectivity index (χ1v) is 7.80. The normalized spacial score (nSPS) is 11.1. The standard InChI is InChI=1S/C15H22FNO2S/c1-4-19-15(18)11-17(12(2)3)9-10-20-14-8-6-5-7-13(14)16/h5-8,12H,4,9-11H2,1-3H3. The summed E-state index contributed by atoms with van der Waals surface area (Å²) in [6.45, 7) is 7.26. The second-order valence-electron chi connectivity index (χ2n) is 4.65. The lowest BCUT2D eigenvalue weighted by Gasteiger charge is -2.25. The molecule has 3 nitrogen and oxygen atoms in total. The number of carbonyl (C=O) groups is 1. The van der Waals surface area contributed by atoms with Gasteiger partial charge in [0.25, 0.3) is 0 Å². The van der Waals surface area contributed by atoms with Crippen molar-refractivity contribution in [1.82, 2.24) is 4.90 Å². The number of thioether (sulfide) groups is 1. The Morgan fingerprint density at radius 3 is 2.70 bits per heavy atom. The molecule has 0 saturated carbocycles. The van der Waals surface area contributed by atoms with E-state index in [1.165, 1.54) is 17.8 Å². The van der Waals surface area contributed by atoms with Gasteiger partial charge in [0, 0.05) is 23.2 Å². The Kier molecular flexibility index (Phi) is 7.62. The monoisotopic (exact) mass is 299 g/mol. The van der Waals surface area contributed by atoms with E-state index in [2.05, 4.69) is 0 Å². The largest absolute Gasteiger partial charge is 0.465 e. The Balaban J connectivity index is 2.43. The third-order valence-corrected chi connectivity index (χ3v) is 3.87. The average Bonchev–Trinajstić information content (AvgIpc) is 2.40. The van der Waals surface area contributed by atoms with Crippen LogP contribution in [-0.2, 0) is 9.53 Å². The number of ether oxygens (including phenoxy) is 1. The lowest BCUT2D eigenvalue weighted by molar-refractivity contribution is -0.144. The molecule has 0 unspecified atom stereocenters. The van der Waals surface area contributed by atoms with Crippen molar-refractivity contribution in [3.63, 3.8) is 0 Å². The number of benzene rings is 1. The zero-order valence-corrected chi connectivity index (χ0v) is 13.1. The fourth-order valence-corrected chi connectivity index (χ4v) is 2.65. The minimum absolute atomic E-state index is 0.195. The molecule has 0 aromatic heterocycles. The highest BCUT2D eigenvalue weighted by molar-refractivity contribution is 7.99. The molecule has 1 aromatic carbocycles. The van der Waals surface area contributed by atoms with Crippen LogP contribution in [0.25, 0.3) is 0 Å². The third kappa shape index (κ3) is 5.92. The summed E-state index contributed by atoms with van der Waals surface area (Å²) in [7, 11) is 0. The van der Waals surface area contributed by atoms with Crippen LogP contribution in [0.3, 0.4) is 0 Å². The predicted molar refractivity (Wildman–Crippen MR) is 80.5 cm³/mol. The van der Waals surface area contributed by atoms with E-state index in [9.17, 15) is 9.18 Å². The molecule has 0 spiro atoms. The summed E-state index contributed by atoms with van der Waals surface area (Å²) < 4.78 is 18.4. The smallest absolute Gasteiger partial charge is 0.320 e. The molecule has 0 fully saturated rings. The molecule has 20 heavy (non-hydrogen) atoms. The number of rotatable bonds is 8. The maximum absolute atomic E-state index is 13.5. The van der Waals surface area contributed by atoms with Crippen LogP contribution in [0.15, 0.2) is 29.2 Å². The second kappa shape index (κ2) is 8.97. The molecule has 1 aromatic rings. The molecule has 0 saturated heterocycles. The Hall–Kier alpha value is -1.07. The average molecular weight is 299 g/mol. The topological polar surface area (TPSA) is 29.5 Å². The summed E-state index contributed by atoms with van der Waals surface area (Å²) in [5.41, 5.74) is 0. The van der Waals surface area contributed by atoms with E-state index in [0.717, 1.165) is 12.3 Å². The van der Waals surface area contributed by atoms with Crippen molar-refractivity contribution in [2.75, 3.05) is 25.4 Å². The zero-order valence-electron chi connectivity index (χ0n) is 12.3. The van der Waals surface area contributed by atoms with Crippen LogP contribution < -0.4 is 0 Å². The third-order valence-electron chi connectivity index (χ3n) is 2.84. The van der Waals surface area contributed by atoms with Crippen LogP contribution in [0.2, 0.25) is 0 Å². The molecule has 5 heteroatoms. The zero-order chi connectivity index (χ0) is 15.0. The molecule has 0 aliphatic rings. The van der Waals surface area contributed by atoms with Crippen LogP contribution in [-0.4, -0.2) is 42.4 Å². The van der Waals surface area contributed by atoms with E-state index in [-0.39, 0.29) is 24.4 Å². The quantitative estimate of drug-likeness (QED) is 0.544. The number of hydrogen-bond acceptors (Lipinski definition) is 4. The molecule has 0 amide bonds. The lowest BCUT2D eigenvalue weighted by Crippen LogP contribution is -2.38. The van der Waals surface area contributed by atoms with Gasteiger partial charge in [-0.05, 0) is 32.9 Å². The number of esters is 1. The van der Waals surface area contributed by atoms with Gasteiger partial charge in [-0.25, -0.2) is 4.39 Å². The SMILES string of the molecule is CCOC(=O)CN(CCSc1ccccc1F)C(C)C. The van der Waals surface area contributed by atoms with Gasteiger partial charge < -0.3 is 4.74 Å². The number of hydrogen-bond donors (Lipinski definition) is 0. The van der Waals surface area contributed by atoms with Crippen LogP contribution in [0.4, 0.5) is 4.39 Å². The minimum Gasteiger partial charge on any atom is -0.465 e. The van der Waals surface area contributed by atoms with E-state index < -0.39 is 0 Å². The van der Waals surface area contributed by atoms with Crippen molar-refractivity contribution in [3.05, 3.63) is 30.1 Å². The van der Waals surface area contributed by atoms with E-state index in [1.54, 1.807) is 19.1 Å². The molecular weight excluding hydrogens is 277 g/mol. The summed E-state index contributed by atoms with van der Waals surface area (Å²) in [6.07, 6.45) is 0. The number of halogens is 1. The van der Waals surface area contributed by atoms with Crippen LogP contribution in [0.1, 0.15) is 20.8 Å². The molecular formula is C15H22FNO2S. The highest BCUT2D eigenvalue weighted by Crippen LogP contribution is 2.21. The van der Waals surface area contributed by atoms with Gasteiger partial charge in [0.15, 0.2) is 0 Å². The molecule has 112 valence electrons. The van der Waals surface area contributed by atoms with E-state index in [4.69, 9.17) is 4.74 Å². The first-order valence-electron chi connectivity index (χ1n) is 6.81. The van der Waals surface area contributed by atoms with Gasteiger partial charge in [-0.1, -0.05) is 12.1 Å². The summed E-state index contributed by atoms with van der Waals surface area (Å²) in [5.74, 6) is 0.328. The fraction of sp³-hybridized carbons (Fsp3) is 0.533. The molecule has 0 bridgehead atoms. The second-order valence-corrected chi connectivity index (χ2v) is 5.78. The van der Waals surface area contributed by atoms with Gasteiger partial charge in [0.05, 0.1) is 13.2 Å². The first-order chi connectivity index (χ1) is 9.54. The van der Waals surface area contributed by atoms with Gasteiger partial charge >= 0.3 is 5.97 Å². The number of nitrogens with zero attached hydrogens (tertiary/aromatic N) is 1. The minimum atomic E-state index is -0.211. The lowest BCUT2D eigenvalue weighted by atomic mass is 10.3. The van der Waals surface area contributed by atoms with E-state index >= 15 is 0 Å². The maximum Gasteiger partial charge on any atom is 0.320 e. The van der Waals surface area contributed by atoms with Crippen LogP contribution in [0, 0.1) is 5.82 Å². The predicted octanol–water partition coefficient (Wildman–Crippen LogP) is 3.19. The van der Waals surface area contributed by atoms with Crippen molar-refractivity contribution in [3.8, 4) is 0 Å². The van der Waals surface area contributed by atoms with Crippen molar-refractivity contribution < 1.29 is 13.9 Å². The Morgan fingerprint density at radius 1 is 1.40 bits per heavy atom. The molecule has 0 aliphatic carbocycles. The van der Waals surface area contributed by atoms with E-state index in [0.29, 0.717) is 11.5 Å². The van der Waals surface area contributed by atoms with Gasteiger partial charge in [0.2, 0.25) is 0 Å². The fourth-order valence-electron chi connectivity index (χ4n) is 1.73. The van der Waals surface area contributed by atoms with Crippen molar-refractivity contribution in [1.29, 1.82) is 0 Å². The van der Waals surface area contributed by atoms with Crippen LogP contribution in [0.5, 0.6) is 0 Å². The highest BCUT2D eigenvalue weighted by Gasteiger charge is 2.14. The number of carbonyl (C=O) groups excluding carboxylic acids is 1. The Morgan fingerprint density at radius 2 is 2.10 bits per heavy atom. The van der Waals surface area contributed by atoms with Crippen LogP contribution >= 0.6 is 11.8 Å². The Bertz CT molecular complexity index is 426. The first kappa shape index (κ1) is 17.0. The van der Waals surface area contributed by atoms with Gasteiger partial charge in [-0.15, -0.1) is 11.8 Å². The summed E-state index contributed by atoms with van der Waals surface area (Å²) in [6, 6.07) is 6.98. The van der Waals surface area contributed by atoms with Crippen molar-refractivity contribution in [2.45, 2.75) is 31.7 Å². The van der Waals surface area contributed by atoms with E-state index in [1.807, 2.05) is 24.8 Å². The van der Waals surface area contributed by atoms with Gasteiger partial charge in [-0.3, -0.25) is 9.69 Å². The summed E-state index contributed by atoms with van der Waals surface area (Å²) in [5, 5.41) is 0. The molecule has 0 atom stereocenters. The summed E-state index contributed by atoms with van der Waals surface area (Å²) in [4.78, 5) is 14.2. The maximum atomic E-state index is 13.5. The molecule has 0 aliphatic heterocycles. The highest BCUT2D eigenvalue weighted by atomic mass is 32.2. The van der Waals surface area contributed by atoms with Gasteiger partial charge in [0.1, 0.15) is 5.82 Å². The van der Waals surface area contributed by atoms with Crippen molar-refractivity contribution in [2.24, 2.45) is 0 Å². The molecule has 0 radical (unpaired) electrons. The Labute approximate surface area is 124 Å². The molecule has 0 heterocycles. The summed E-state index contributed by atoms with van der Waals surface area (Å²) >= 11 is 1.46. The van der Waals surface area contributed by atoms with Crippen molar-refractivity contribution >= 4 is 17.7 Å². The van der Waals surface area contributed by atoms with Gasteiger partial charge in [-0.2, -0.15) is 0 Å². The molecule has 0 N–H and O–H groups in total.